The standard InChI is InChI=1S/C13H22N2/c1-3-12(4-2)11-15-10-7-13-5-8-14-9-6-13/h5-6,8-9,12,15H,3-4,7,10-11H2,1-2H3. The van der Waals surface area contributed by atoms with Crippen molar-refractivity contribution in [2.75, 3.05) is 13.1 Å². The Balaban J connectivity index is 2.12. The zero-order valence-corrected chi connectivity index (χ0v) is 9.87. The van der Waals surface area contributed by atoms with Gasteiger partial charge in [-0.05, 0) is 43.1 Å². The topological polar surface area (TPSA) is 24.9 Å². The van der Waals surface area contributed by atoms with Crippen LogP contribution in [0.1, 0.15) is 32.3 Å². The van der Waals surface area contributed by atoms with Gasteiger partial charge in [-0.1, -0.05) is 26.7 Å². The van der Waals surface area contributed by atoms with Gasteiger partial charge in [-0.25, -0.2) is 0 Å². The molecule has 1 rings (SSSR count). The van der Waals surface area contributed by atoms with E-state index in [1.165, 1.54) is 18.4 Å². The lowest BCUT2D eigenvalue weighted by atomic mass is 10.0. The lowest BCUT2D eigenvalue weighted by Crippen LogP contribution is -2.24. The van der Waals surface area contributed by atoms with Crippen LogP contribution in [0.3, 0.4) is 0 Å². The Morgan fingerprint density at radius 1 is 1.20 bits per heavy atom. The smallest absolute Gasteiger partial charge is 0.0270 e. The highest BCUT2D eigenvalue weighted by molar-refractivity contribution is 5.09. The normalized spacial score (nSPS) is 10.9. The Labute approximate surface area is 93.1 Å². The summed E-state index contributed by atoms with van der Waals surface area (Å²) in [6, 6.07) is 4.16. The van der Waals surface area contributed by atoms with Crippen LogP contribution in [-0.2, 0) is 6.42 Å². The molecule has 0 saturated carbocycles. The van der Waals surface area contributed by atoms with Gasteiger partial charge < -0.3 is 5.32 Å². The van der Waals surface area contributed by atoms with Crippen LogP contribution in [0.25, 0.3) is 0 Å². The van der Waals surface area contributed by atoms with E-state index in [0.717, 1.165) is 25.4 Å². The molecular weight excluding hydrogens is 184 g/mol. The van der Waals surface area contributed by atoms with Gasteiger partial charge in [0, 0.05) is 12.4 Å². The van der Waals surface area contributed by atoms with Gasteiger partial charge in [0.25, 0.3) is 0 Å². The van der Waals surface area contributed by atoms with Crippen molar-refractivity contribution in [3.8, 4) is 0 Å². The predicted molar refractivity (Wildman–Crippen MR) is 64.9 cm³/mol. The minimum absolute atomic E-state index is 0.836. The second-order valence-corrected chi connectivity index (χ2v) is 3.99. The third kappa shape index (κ3) is 4.93. The molecule has 1 aromatic heterocycles. The molecule has 0 aliphatic heterocycles. The molecular formula is C13H22N2. The highest BCUT2D eigenvalue weighted by Gasteiger charge is 2.01. The molecule has 0 aliphatic carbocycles. The Bertz CT molecular complexity index is 242. The summed E-state index contributed by atoms with van der Waals surface area (Å²) in [4.78, 5) is 4.01. The third-order valence-electron chi connectivity index (χ3n) is 2.93. The Morgan fingerprint density at radius 3 is 2.47 bits per heavy atom. The molecule has 2 heteroatoms. The average molecular weight is 206 g/mol. The molecule has 2 nitrogen and oxygen atoms in total. The predicted octanol–water partition coefficient (Wildman–Crippen LogP) is 2.65. The summed E-state index contributed by atoms with van der Waals surface area (Å²) >= 11 is 0. The maximum atomic E-state index is 4.01. The Hall–Kier alpha value is -0.890. The van der Waals surface area contributed by atoms with E-state index >= 15 is 0 Å². The van der Waals surface area contributed by atoms with E-state index in [9.17, 15) is 0 Å². The second kappa shape index (κ2) is 7.41. The highest BCUT2D eigenvalue weighted by atomic mass is 14.8. The van der Waals surface area contributed by atoms with Gasteiger partial charge in [0.2, 0.25) is 0 Å². The first-order valence-electron chi connectivity index (χ1n) is 5.96. The fraction of sp³-hybridized carbons (Fsp3) is 0.615. The van der Waals surface area contributed by atoms with Gasteiger partial charge in [0.1, 0.15) is 0 Å². The van der Waals surface area contributed by atoms with E-state index in [1.54, 1.807) is 0 Å². The number of nitrogens with one attached hydrogen (secondary N) is 1. The van der Waals surface area contributed by atoms with Crippen LogP contribution < -0.4 is 5.32 Å². The number of aromatic nitrogens is 1. The molecule has 0 unspecified atom stereocenters. The molecule has 0 radical (unpaired) electrons. The fourth-order valence-corrected chi connectivity index (χ4v) is 1.67. The minimum Gasteiger partial charge on any atom is -0.316 e. The van der Waals surface area contributed by atoms with E-state index < -0.39 is 0 Å². The molecule has 0 fully saturated rings. The third-order valence-corrected chi connectivity index (χ3v) is 2.93. The van der Waals surface area contributed by atoms with Crippen LogP contribution in [0.15, 0.2) is 24.5 Å². The molecule has 84 valence electrons. The molecule has 0 saturated heterocycles. The van der Waals surface area contributed by atoms with E-state index in [0.29, 0.717) is 0 Å². The van der Waals surface area contributed by atoms with E-state index in [4.69, 9.17) is 0 Å². The van der Waals surface area contributed by atoms with E-state index in [-0.39, 0.29) is 0 Å². The molecule has 0 aliphatic rings. The molecule has 15 heavy (non-hydrogen) atoms. The van der Waals surface area contributed by atoms with Crippen LogP contribution in [-0.4, -0.2) is 18.1 Å². The van der Waals surface area contributed by atoms with Gasteiger partial charge in [-0.2, -0.15) is 0 Å². The monoisotopic (exact) mass is 206 g/mol. The molecule has 1 heterocycles. The van der Waals surface area contributed by atoms with Crippen molar-refractivity contribution in [2.24, 2.45) is 5.92 Å². The first-order valence-corrected chi connectivity index (χ1v) is 5.96. The Morgan fingerprint density at radius 2 is 1.87 bits per heavy atom. The zero-order valence-electron chi connectivity index (χ0n) is 9.87. The van der Waals surface area contributed by atoms with Crippen molar-refractivity contribution in [2.45, 2.75) is 33.1 Å². The summed E-state index contributed by atoms with van der Waals surface area (Å²) in [5.74, 6) is 0.836. The average Bonchev–Trinajstić information content (AvgIpc) is 2.31. The van der Waals surface area contributed by atoms with Crippen molar-refractivity contribution in [3.05, 3.63) is 30.1 Å². The summed E-state index contributed by atoms with van der Waals surface area (Å²) in [5, 5.41) is 3.52. The minimum atomic E-state index is 0.836. The van der Waals surface area contributed by atoms with Crippen molar-refractivity contribution in [3.63, 3.8) is 0 Å². The van der Waals surface area contributed by atoms with E-state index in [1.807, 2.05) is 12.4 Å². The number of rotatable bonds is 7. The van der Waals surface area contributed by atoms with Crippen LogP contribution in [0.2, 0.25) is 0 Å². The van der Waals surface area contributed by atoms with Crippen molar-refractivity contribution >= 4 is 0 Å². The number of pyridine rings is 1. The van der Waals surface area contributed by atoms with Gasteiger partial charge in [-0.3, -0.25) is 4.98 Å². The van der Waals surface area contributed by atoms with Gasteiger partial charge in [0.05, 0.1) is 0 Å². The maximum Gasteiger partial charge on any atom is 0.0270 e. The summed E-state index contributed by atoms with van der Waals surface area (Å²) in [6.07, 6.45) is 7.37. The number of nitrogens with zero attached hydrogens (tertiary/aromatic N) is 1. The molecule has 0 aromatic carbocycles. The highest BCUT2D eigenvalue weighted by Crippen LogP contribution is 2.05. The largest absolute Gasteiger partial charge is 0.316 e. The van der Waals surface area contributed by atoms with E-state index in [2.05, 4.69) is 36.3 Å². The first kappa shape index (κ1) is 12.2. The van der Waals surface area contributed by atoms with Crippen LogP contribution in [0.5, 0.6) is 0 Å². The Kier molecular flexibility index (Phi) is 6.02. The van der Waals surface area contributed by atoms with Crippen molar-refractivity contribution < 1.29 is 0 Å². The first-order chi connectivity index (χ1) is 7.36. The number of hydrogen-bond acceptors (Lipinski definition) is 2. The van der Waals surface area contributed by atoms with Gasteiger partial charge >= 0.3 is 0 Å². The molecule has 0 atom stereocenters. The zero-order chi connectivity index (χ0) is 10.9. The van der Waals surface area contributed by atoms with Crippen molar-refractivity contribution in [1.82, 2.24) is 10.3 Å². The van der Waals surface area contributed by atoms with Gasteiger partial charge in [0.15, 0.2) is 0 Å². The SMILES string of the molecule is CCC(CC)CNCCc1ccncc1. The lowest BCUT2D eigenvalue weighted by molar-refractivity contribution is 0.452. The molecule has 0 bridgehead atoms. The summed E-state index contributed by atoms with van der Waals surface area (Å²) in [5.41, 5.74) is 1.36. The van der Waals surface area contributed by atoms with Crippen LogP contribution in [0, 0.1) is 5.92 Å². The molecule has 0 amide bonds. The summed E-state index contributed by atoms with van der Waals surface area (Å²) in [6.45, 7) is 6.75. The molecule has 1 N–H and O–H groups in total. The summed E-state index contributed by atoms with van der Waals surface area (Å²) in [7, 11) is 0. The lowest BCUT2D eigenvalue weighted by Gasteiger charge is -2.12. The van der Waals surface area contributed by atoms with Crippen molar-refractivity contribution in [1.29, 1.82) is 0 Å². The molecule has 0 spiro atoms. The number of hydrogen-bond donors (Lipinski definition) is 1. The summed E-state index contributed by atoms with van der Waals surface area (Å²) < 4.78 is 0. The maximum absolute atomic E-state index is 4.01. The van der Waals surface area contributed by atoms with Gasteiger partial charge in [-0.15, -0.1) is 0 Å². The van der Waals surface area contributed by atoms with Crippen LogP contribution in [0.4, 0.5) is 0 Å². The fourth-order valence-electron chi connectivity index (χ4n) is 1.67. The quantitative estimate of drug-likeness (QED) is 0.694. The molecule has 1 aromatic rings. The second-order valence-electron chi connectivity index (χ2n) is 3.99. The van der Waals surface area contributed by atoms with Crippen LogP contribution >= 0.6 is 0 Å².